The Morgan fingerprint density at radius 1 is 1.12 bits per heavy atom. The molecule has 1 aromatic rings. The number of carbonyl (C=O) groups is 1. The minimum atomic E-state index is -0.329. The molecule has 0 aliphatic carbocycles. The number of unbranched alkanes of at least 4 members (excludes halogenated alkanes) is 1. The molecule has 2 heterocycles. The van der Waals surface area contributed by atoms with Crippen molar-refractivity contribution in [2.45, 2.75) is 57.7 Å². The van der Waals surface area contributed by atoms with Crippen LogP contribution in [-0.2, 0) is 9.53 Å². The zero-order valence-corrected chi connectivity index (χ0v) is 22.3. The molecule has 0 unspecified atom stereocenters. The number of likely N-dealkylation sites (N-methyl/N-ethyl adjacent to an activating group) is 1. The first-order valence-corrected chi connectivity index (χ1v) is 12.7. The molecule has 1 fully saturated rings. The second-order valence-electron chi connectivity index (χ2n) is 11.1. The molecule has 7 heteroatoms. The van der Waals surface area contributed by atoms with Gasteiger partial charge in [0.1, 0.15) is 5.54 Å². The number of carbonyl (C=O) groups excluding carboxylic acids is 1. The van der Waals surface area contributed by atoms with E-state index in [0.717, 1.165) is 51.0 Å². The van der Waals surface area contributed by atoms with E-state index >= 15 is 0 Å². The summed E-state index contributed by atoms with van der Waals surface area (Å²) >= 11 is 0. The van der Waals surface area contributed by atoms with Crippen LogP contribution in [0.3, 0.4) is 0 Å². The van der Waals surface area contributed by atoms with Gasteiger partial charge in [0.2, 0.25) is 5.91 Å². The molecule has 0 bridgehead atoms. The molecule has 1 saturated heterocycles. The highest BCUT2D eigenvalue weighted by Gasteiger charge is 2.42. The van der Waals surface area contributed by atoms with E-state index in [9.17, 15) is 4.79 Å². The lowest BCUT2D eigenvalue weighted by molar-refractivity contribution is -0.136. The minimum Gasteiger partial charge on any atom is -0.454 e. The standard InChI is InChI=1S/C27H45N5O2/c1-21-19-31(25(33)23(30(6)7)15-11-12-16-29(4)5)17-18-32(20-21)26-28-27(2,3)24(34-26)22-13-9-8-10-14-22/h8-10,13-14,21,23-24H,11-12,15-20H2,1-7H3/t21-,23+,24-/m0/s1. The van der Waals surface area contributed by atoms with Crippen molar-refractivity contribution < 1.29 is 9.53 Å². The average Bonchev–Trinajstić information content (AvgIpc) is 2.96. The van der Waals surface area contributed by atoms with Gasteiger partial charge in [-0.15, -0.1) is 0 Å². The predicted molar refractivity (Wildman–Crippen MR) is 139 cm³/mol. The smallest absolute Gasteiger partial charge is 0.288 e. The number of hydrogen-bond donors (Lipinski definition) is 0. The summed E-state index contributed by atoms with van der Waals surface area (Å²) in [7, 11) is 8.24. The summed E-state index contributed by atoms with van der Waals surface area (Å²) < 4.78 is 6.43. The Bertz CT molecular complexity index is 824. The largest absolute Gasteiger partial charge is 0.454 e. The Labute approximate surface area is 206 Å². The third-order valence-electron chi connectivity index (χ3n) is 6.88. The Morgan fingerprint density at radius 3 is 2.47 bits per heavy atom. The molecule has 34 heavy (non-hydrogen) atoms. The molecular weight excluding hydrogens is 426 g/mol. The minimum absolute atomic E-state index is 0.0672. The normalized spacial score (nSPS) is 23.6. The first kappa shape index (κ1) is 26.5. The average molecular weight is 472 g/mol. The molecule has 7 nitrogen and oxygen atoms in total. The van der Waals surface area contributed by atoms with Gasteiger partial charge in [0.15, 0.2) is 6.10 Å². The van der Waals surface area contributed by atoms with Crippen molar-refractivity contribution in [2.24, 2.45) is 10.9 Å². The van der Waals surface area contributed by atoms with Crippen LogP contribution < -0.4 is 0 Å². The quantitative estimate of drug-likeness (QED) is 0.545. The van der Waals surface area contributed by atoms with E-state index in [1.54, 1.807) is 0 Å². The van der Waals surface area contributed by atoms with Crippen molar-refractivity contribution in [3.8, 4) is 0 Å². The van der Waals surface area contributed by atoms with Gasteiger partial charge in [-0.25, -0.2) is 4.99 Å². The second kappa shape index (κ2) is 11.5. The van der Waals surface area contributed by atoms with E-state index in [-0.39, 0.29) is 23.6 Å². The highest BCUT2D eigenvalue weighted by Crippen LogP contribution is 2.38. The van der Waals surface area contributed by atoms with Crippen LogP contribution in [0.4, 0.5) is 0 Å². The first-order chi connectivity index (χ1) is 16.1. The molecule has 3 rings (SSSR count). The Morgan fingerprint density at radius 2 is 1.82 bits per heavy atom. The Hall–Kier alpha value is -2.12. The fraction of sp³-hybridized carbons (Fsp3) is 0.704. The van der Waals surface area contributed by atoms with E-state index < -0.39 is 0 Å². The highest BCUT2D eigenvalue weighted by molar-refractivity contribution is 5.82. The van der Waals surface area contributed by atoms with E-state index in [1.807, 2.05) is 32.3 Å². The van der Waals surface area contributed by atoms with Gasteiger partial charge in [-0.2, -0.15) is 0 Å². The zero-order chi connectivity index (χ0) is 24.9. The van der Waals surface area contributed by atoms with E-state index in [1.165, 1.54) is 0 Å². The third-order valence-corrected chi connectivity index (χ3v) is 6.88. The first-order valence-electron chi connectivity index (χ1n) is 12.7. The van der Waals surface area contributed by atoms with Gasteiger partial charge in [0.25, 0.3) is 6.02 Å². The number of amidine groups is 1. The summed E-state index contributed by atoms with van der Waals surface area (Å²) in [5.41, 5.74) is 0.818. The summed E-state index contributed by atoms with van der Waals surface area (Å²) in [5, 5.41) is 0. The molecule has 1 amide bonds. The van der Waals surface area contributed by atoms with Crippen LogP contribution in [0.2, 0.25) is 0 Å². The summed E-state index contributed by atoms with van der Waals surface area (Å²) in [5.74, 6) is 0.591. The van der Waals surface area contributed by atoms with Gasteiger partial charge >= 0.3 is 0 Å². The van der Waals surface area contributed by atoms with Crippen LogP contribution in [-0.4, -0.2) is 104 Å². The Balaban J connectivity index is 1.64. The van der Waals surface area contributed by atoms with Gasteiger partial charge in [0, 0.05) is 26.2 Å². The number of aliphatic imine (C=N–C) groups is 1. The van der Waals surface area contributed by atoms with Crippen molar-refractivity contribution in [3.63, 3.8) is 0 Å². The van der Waals surface area contributed by atoms with Crippen molar-refractivity contribution in [3.05, 3.63) is 35.9 Å². The van der Waals surface area contributed by atoms with Crippen molar-refractivity contribution in [1.29, 1.82) is 0 Å². The van der Waals surface area contributed by atoms with Gasteiger partial charge < -0.3 is 19.4 Å². The fourth-order valence-corrected chi connectivity index (χ4v) is 5.02. The molecule has 3 atom stereocenters. The maximum atomic E-state index is 13.5. The molecule has 2 aliphatic rings. The van der Waals surface area contributed by atoms with Crippen LogP contribution in [0, 0.1) is 5.92 Å². The molecule has 2 aliphatic heterocycles. The molecule has 1 aromatic carbocycles. The van der Waals surface area contributed by atoms with Crippen molar-refractivity contribution >= 4 is 11.9 Å². The lowest BCUT2D eigenvalue weighted by atomic mass is 9.93. The topological polar surface area (TPSA) is 51.6 Å². The van der Waals surface area contributed by atoms with Gasteiger partial charge in [-0.05, 0) is 72.9 Å². The van der Waals surface area contributed by atoms with Crippen molar-refractivity contribution in [2.75, 3.05) is 60.9 Å². The van der Waals surface area contributed by atoms with E-state index in [0.29, 0.717) is 18.5 Å². The summed E-state index contributed by atoms with van der Waals surface area (Å²) in [6.45, 7) is 10.6. The van der Waals surface area contributed by atoms with E-state index in [4.69, 9.17) is 9.73 Å². The summed E-state index contributed by atoms with van der Waals surface area (Å²) in [6, 6.07) is 11.0. The lowest BCUT2D eigenvalue weighted by Crippen LogP contribution is -2.48. The number of ether oxygens (including phenoxy) is 1. The van der Waals surface area contributed by atoms with Gasteiger partial charge in [-0.3, -0.25) is 9.69 Å². The highest BCUT2D eigenvalue weighted by atomic mass is 16.5. The molecule has 0 saturated carbocycles. The number of hydrogen-bond acceptors (Lipinski definition) is 6. The molecule has 0 aromatic heterocycles. The van der Waals surface area contributed by atoms with Crippen LogP contribution in [0.25, 0.3) is 0 Å². The molecule has 0 N–H and O–H groups in total. The molecule has 0 spiro atoms. The molecule has 0 radical (unpaired) electrons. The van der Waals surface area contributed by atoms with Gasteiger partial charge in [-0.1, -0.05) is 43.7 Å². The fourth-order valence-electron chi connectivity index (χ4n) is 5.02. The zero-order valence-electron chi connectivity index (χ0n) is 22.3. The number of amides is 1. The van der Waals surface area contributed by atoms with Crippen LogP contribution in [0.5, 0.6) is 0 Å². The number of benzene rings is 1. The third kappa shape index (κ3) is 6.72. The lowest BCUT2D eigenvalue weighted by Gasteiger charge is -2.31. The molecule has 190 valence electrons. The van der Waals surface area contributed by atoms with Crippen LogP contribution >= 0.6 is 0 Å². The van der Waals surface area contributed by atoms with Gasteiger partial charge in [0.05, 0.1) is 6.04 Å². The molecular formula is C27H45N5O2. The number of rotatable bonds is 8. The SMILES string of the molecule is C[C@H]1CN(C(=O)[C@@H](CCCCN(C)C)N(C)C)CCN(C2=NC(C)(C)[C@H](c3ccccc3)O2)C1. The Kier molecular flexibility index (Phi) is 8.99. The monoisotopic (exact) mass is 471 g/mol. The predicted octanol–water partition coefficient (Wildman–Crippen LogP) is 3.33. The maximum absolute atomic E-state index is 13.5. The maximum Gasteiger partial charge on any atom is 0.288 e. The van der Waals surface area contributed by atoms with E-state index in [2.05, 4.69) is 66.6 Å². The summed E-state index contributed by atoms with van der Waals surface area (Å²) in [4.78, 5) is 27.1. The summed E-state index contributed by atoms with van der Waals surface area (Å²) in [6.07, 6.45) is 2.98. The number of nitrogens with zero attached hydrogens (tertiary/aromatic N) is 5. The van der Waals surface area contributed by atoms with Crippen molar-refractivity contribution in [1.82, 2.24) is 19.6 Å². The second-order valence-corrected chi connectivity index (χ2v) is 11.1. The van der Waals surface area contributed by atoms with Crippen LogP contribution in [0.15, 0.2) is 35.3 Å². The van der Waals surface area contributed by atoms with Crippen LogP contribution in [0.1, 0.15) is 51.7 Å².